The number of hydrogen-bond acceptors (Lipinski definition) is 4. The predicted octanol–water partition coefficient (Wildman–Crippen LogP) is 1.35. The van der Waals surface area contributed by atoms with Gasteiger partial charge in [-0.25, -0.2) is 9.97 Å². The molecule has 4 heteroatoms. The van der Waals surface area contributed by atoms with Crippen molar-refractivity contribution in [2.45, 2.75) is 32.2 Å². The molecule has 0 bridgehead atoms. The van der Waals surface area contributed by atoms with E-state index in [0.717, 1.165) is 30.5 Å². The average molecular weight is 232 g/mol. The van der Waals surface area contributed by atoms with Crippen LogP contribution in [0.5, 0.6) is 0 Å². The third kappa shape index (κ3) is 2.02. The van der Waals surface area contributed by atoms with E-state index in [2.05, 4.69) is 20.9 Å². The van der Waals surface area contributed by atoms with Crippen LogP contribution in [-0.4, -0.2) is 29.1 Å². The molecule has 17 heavy (non-hydrogen) atoms. The monoisotopic (exact) mass is 232 g/mol. The molecule has 1 aromatic heterocycles. The zero-order chi connectivity index (χ0) is 11.8. The molecule has 1 aliphatic carbocycles. The van der Waals surface area contributed by atoms with Gasteiger partial charge < -0.3 is 10.6 Å². The molecule has 1 saturated heterocycles. The Hall–Kier alpha value is -1.16. The van der Waals surface area contributed by atoms with Gasteiger partial charge in [0.25, 0.3) is 0 Å². The van der Waals surface area contributed by atoms with Crippen LogP contribution >= 0.6 is 0 Å². The Labute approximate surface area is 102 Å². The van der Waals surface area contributed by atoms with Crippen LogP contribution in [0, 0.1) is 18.8 Å². The maximum atomic E-state index is 6.23. The first-order valence-corrected chi connectivity index (χ1v) is 6.53. The van der Waals surface area contributed by atoms with E-state index in [4.69, 9.17) is 5.73 Å². The molecule has 2 fully saturated rings. The SMILES string of the molecule is Cc1cc(N2CC3CCCC(N)C3C2)ncn1. The molecule has 1 saturated carbocycles. The summed E-state index contributed by atoms with van der Waals surface area (Å²) in [5.41, 5.74) is 7.27. The largest absolute Gasteiger partial charge is 0.356 e. The van der Waals surface area contributed by atoms with E-state index in [-0.39, 0.29) is 0 Å². The van der Waals surface area contributed by atoms with E-state index >= 15 is 0 Å². The lowest BCUT2D eigenvalue weighted by Gasteiger charge is -2.29. The molecule has 0 spiro atoms. The first kappa shape index (κ1) is 11.0. The minimum atomic E-state index is 0.390. The highest BCUT2D eigenvalue weighted by Gasteiger charge is 2.39. The third-order valence-corrected chi connectivity index (χ3v) is 4.27. The highest BCUT2D eigenvalue weighted by molar-refractivity contribution is 5.40. The summed E-state index contributed by atoms with van der Waals surface area (Å²) in [6.45, 7) is 4.21. The fourth-order valence-corrected chi connectivity index (χ4v) is 3.32. The van der Waals surface area contributed by atoms with Crippen molar-refractivity contribution in [2.75, 3.05) is 18.0 Å². The summed E-state index contributed by atoms with van der Waals surface area (Å²) in [6.07, 6.45) is 5.47. The molecule has 2 N–H and O–H groups in total. The van der Waals surface area contributed by atoms with Gasteiger partial charge in [-0.1, -0.05) is 6.42 Å². The van der Waals surface area contributed by atoms with Crippen LogP contribution in [0.3, 0.4) is 0 Å². The Kier molecular flexibility index (Phi) is 2.74. The molecule has 2 aliphatic rings. The Morgan fingerprint density at radius 2 is 2.18 bits per heavy atom. The fraction of sp³-hybridized carbons (Fsp3) is 0.692. The number of anilines is 1. The van der Waals surface area contributed by atoms with Crippen LogP contribution in [-0.2, 0) is 0 Å². The number of aryl methyl sites for hydroxylation is 1. The lowest BCUT2D eigenvalue weighted by Crippen LogP contribution is -2.38. The van der Waals surface area contributed by atoms with E-state index in [0.29, 0.717) is 12.0 Å². The quantitative estimate of drug-likeness (QED) is 0.794. The highest BCUT2D eigenvalue weighted by atomic mass is 15.2. The summed E-state index contributed by atoms with van der Waals surface area (Å²) >= 11 is 0. The number of rotatable bonds is 1. The van der Waals surface area contributed by atoms with Gasteiger partial charge in [-0.05, 0) is 31.6 Å². The van der Waals surface area contributed by atoms with Crippen LogP contribution < -0.4 is 10.6 Å². The van der Waals surface area contributed by atoms with Crippen LogP contribution in [0.25, 0.3) is 0 Å². The van der Waals surface area contributed by atoms with Crippen molar-refractivity contribution in [3.63, 3.8) is 0 Å². The number of aromatic nitrogens is 2. The van der Waals surface area contributed by atoms with Crippen LogP contribution in [0.2, 0.25) is 0 Å². The zero-order valence-electron chi connectivity index (χ0n) is 10.3. The maximum Gasteiger partial charge on any atom is 0.132 e. The molecule has 3 rings (SSSR count). The van der Waals surface area contributed by atoms with E-state index in [1.165, 1.54) is 19.3 Å². The van der Waals surface area contributed by atoms with Crippen molar-refractivity contribution in [3.8, 4) is 0 Å². The number of hydrogen-bond donors (Lipinski definition) is 1. The molecule has 0 amide bonds. The minimum Gasteiger partial charge on any atom is -0.356 e. The fourth-order valence-electron chi connectivity index (χ4n) is 3.32. The van der Waals surface area contributed by atoms with Gasteiger partial charge in [-0.3, -0.25) is 0 Å². The lowest BCUT2D eigenvalue weighted by atomic mass is 9.78. The maximum absolute atomic E-state index is 6.23. The normalized spacial score (nSPS) is 32.6. The molecule has 2 heterocycles. The topological polar surface area (TPSA) is 55.0 Å². The van der Waals surface area contributed by atoms with Crippen molar-refractivity contribution in [1.29, 1.82) is 0 Å². The Balaban J connectivity index is 1.79. The molecule has 0 radical (unpaired) electrons. The van der Waals surface area contributed by atoms with E-state index in [9.17, 15) is 0 Å². The first-order chi connectivity index (χ1) is 8.24. The van der Waals surface area contributed by atoms with Gasteiger partial charge in [-0.15, -0.1) is 0 Å². The second-order valence-electron chi connectivity index (χ2n) is 5.44. The zero-order valence-corrected chi connectivity index (χ0v) is 10.3. The summed E-state index contributed by atoms with van der Waals surface area (Å²) < 4.78 is 0. The minimum absolute atomic E-state index is 0.390. The number of fused-ring (bicyclic) bond motifs is 1. The van der Waals surface area contributed by atoms with Gasteiger partial charge in [0.2, 0.25) is 0 Å². The standard InChI is InChI=1S/C13H20N4/c1-9-5-13(16-8-15-9)17-6-10-3-2-4-12(14)11(10)7-17/h5,8,10-12H,2-4,6-7,14H2,1H3. The first-order valence-electron chi connectivity index (χ1n) is 6.53. The van der Waals surface area contributed by atoms with Gasteiger partial charge in [0, 0.05) is 30.9 Å². The molecule has 92 valence electrons. The van der Waals surface area contributed by atoms with Crippen molar-refractivity contribution in [3.05, 3.63) is 18.1 Å². The van der Waals surface area contributed by atoms with Gasteiger partial charge in [0.15, 0.2) is 0 Å². The molecule has 0 aromatic carbocycles. The van der Waals surface area contributed by atoms with Gasteiger partial charge in [0.05, 0.1) is 0 Å². The van der Waals surface area contributed by atoms with Crippen LogP contribution in [0.15, 0.2) is 12.4 Å². The predicted molar refractivity (Wildman–Crippen MR) is 67.8 cm³/mol. The van der Waals surface area contributed by atoms with E-state index in [1.54, 1.807) is 6.33 Å². The van der Waals surface area contributed by atoms with Gasteiger partial charge in [0.1, 0.15) is 12.1 Å². The van der Waals surface area contributed by atoms with Gasteiger partial charge >= 0.3 is 0 Å². The molecule has 4 nitrogen and oxygen atoms in total. The highest BCUT2D eigenvalue weighted by Crippen LogP contribution is 2.36. The molecule has 1 aromatic rings. The second-order valence-corrected chi connectivity index (χ2v) is 5.44. The lowest BCUT2D eigenvalue weighted by molar-refractivity contribution is 0.260. The Morgan fingerprint density at radius 3 is 2.94 bits per heavy atom. The summed E-state index contributed by atoms with van der Waals surface area (Å²) in [4.78, 5) is 10.9. The van der Waals surface area contributed by atoms with Crippen molar-refractivity contribution in [1.82, 2.24) is 9.97 Å². The smallest absolute Gasteiger partial charge is 0.132 e. The molecule has 3 atom stereocenters. The van der Waals surface area contributed by atoms with Crippen molar-refractivity contribution in [2.24, 2.45) is 17.6 Å². The molecule has 1 aliphatic heterocycles. The van der Waals surface area contributed by atoms with Crippen molar-refractivity contribution < 1.29 is 0 Å². The van der Waals surface area contributed by atoms with Crippen LogP contribution in [0.1, 0.15) is 25.0 Å². The summed E-state index contributed by atoms with van der Waals surface area (Å²) in [7, 11) is 0. The third-order valence-electron chi connectivity index (χ3n) is 4.27. The van der Waals surface area contributed by atoms with E-state index in [1.807, 2.05) is 6.92 Å². The van der Waals surface area contributed by atoms with E-state index < -0.39 is 0 Å². The second kappa shape index (κ2) is 4.26. The summed E-state index contributed by atoms with van der Waals surface area (Å²) in [6, 6.07) is 2.46. The summed E-state index contributed by atoms with van der Waals surface area (Å²) in [5, 5.41) is 0. The number of nitrogens with two attached hydrogens (primary N) is 1. The number of nitrogens with zero attached hydrogens (tertiary/aromatic N) is 3. The Morgan fingerprint density at radius 1 is 1.29 bits per heavy atom. The van der Waals surface area contributed by atoms with Crippen molar-refractivity contribution >= 4 is 5.82 Å². The molecular formula is C13H20N4. The molecule has 3 unspecified atom stereocenters. The Bertz CT molecular complexity index is 406. The average Bonchev–Trinajstić information content (AvgIpc) is 2.74. The van der Waals surface area contributed by atoms with Gasteiger partial charge in [-0.2, -0.15) is 0 Å². The summed E-state index contributed by atoms with van der Waals surface area (Å²) in [5.74, 6) is 2.51. The van der Waals surface area contributed by atoms with Crippen LogP contribution in [0.4, 0.5) is 5.82 Å². The molecular weight excluding hydrogens is 212 g/mol.